The highest BCUT2D eigenvalue weighted by molar-refractivity contribution is 9.10. The second-order valence-electron chi connectivity index (χ2n) is 4.39. The number of benzene rings is 1. The summed E-state index contributed by atoms with van der Waals surface area (Å²) in [5, 5.41) is 4.84. The number of sulfonamides is 1. The molecular formula is C13H15BrN2O2S2. The largest absolute Gasteiger partial charge is 0.316 e. The Labute approximate surface area is 131 Å². The van der Waals surface area contributed by atoms with Crippen molar-refractivity contribution >= 4 is 43.0 Å². The zero-order valence-corrected chi connectivity index (χ0v) is 14.3. The minimum absolute atomic E-state index is 0.316. The topological polar surface area (TPSA) is 58.2 Å². The fourth-order valence-corrected chi connectivity index (χ4v) is 4.46. The van der Waals surface area contributed by atoms with Gasteiger partial charge in [-0.05, 0) is 64.6 Å². The number of rotatable bonds is 5. The maximum absolute atomic E-state index is 12.3. The summed E-state index contributed by atoms with van der Waals surface area (Å²) < 4.78 is 28.3. The highest BCUT2D eigenvalue weighted by Crippen LogP contribution is 2.28. The van der Waals surface area contributed by atoms with Gasteiger partial charge in [-0.2, -0.15) is 0 Å². The lowest BCUT2D eigenvalue weighted by Crippen LogP contribution is -2.12. The first kappa shape index (κ1) is 15.5. The molecule has 7 heteroatoms. The molecule has 1 aromatic carbocycles. The molecule has 0 bridgehead atoms. The third-order valence-corrected chi connectivity index (χ3v) is 6.19. The minimum atomic E-state index is -3.54. The van der Waals surface area contributed by atoms with Crippen LogP contribution >= 0.6 is 27.3 Å². The van der Waals surface area contributed by atoms with Gasteiger partial charge >= 0.3 is 0 Å². The SMILES string of the molecule is CNCc1csc(S(=O)(=O)Nc2cc(C)ccc2Br)c1. The number of hydrogen-bond donors (Lipinski definition) is 2. The highest BCUT2D eigenvalue weighted by atomic mass is 79.9. The number of nitrogens with one attached hydrogen (secondary N) is 2. The van der Waals surface area contributed by atoms with Crippen LogP contribution in [0.5, 0.6) is 0 Å². The van der Waals surface area contributed by atoms with E-state index in [4.69, 9.17) is 0 Å². The third kappa shape index (κ3) is 3.60. The van der Waals surface area contributed by atoms with E-state index in [9.17, 15) is 8.42 Å². The van der Waals surface area contributed by atoms with E-state index in [0.29, 0.717) is 16.4 Å². The smallest absolute Gasteiger partial charge is 0.271 e. The monoisotopic (exact) mass is 374 g/mol. The van der Waals surface area contributed by atoms with Crippen LogP contribution in [0.15, 0.2) is 38.3 Å². The number of halogens is 1. The molecule has 1 heterocycles. The van der Waals surface area contributed by atoms with Gasteiger partial charge in [0, 0.05) is 11.0 Å². The molecule has 2 aromatic rings. The van der Waals surface area contributed by atoms with Gasteiger partial charge in [0.2, 0.25) is 0 Å². The van der Waals surface area contributed by atoms with Crippen LogP contribution in [0.4, 0.5) is 5.69 Å². The van der Waals surface area contributed by atoms with Crippen LogP contribution in [0.2, 0.25) is 0 Å². The molecule has 0 saturated heterocycles. The van der Waals surface area contributed by atoms with E-state index < -0.39 is 10.0 Å². The predicted molar refractivity (Wildman–Crippen MR) is 86.8 cm³/mol. The summed E-state index contributed by atoms with van der Waals surface area (Å²) in [4.78, 5) is 0. The molecule has 20 heavy (non-hydrogen) atoms. The van der Waals surface area contributed by atoms with E-state index in [1.807, 2.05) is 31.5 Å². The Morgan fingerprint density at radius 3 is 2.75 bits per heavy atom. The lowest BCUT2D eigenvalue weighted by atomic mass is 10.2. The molecule has 2 rings (SSSR count). The van der Waals surface area contributed by atoms with Gasteiger partial charge in [-0.1, -0.05) is 6.07 Å². The van der Waals surface area contributed by atoms with Crippen molar-refractivity contribution in [2.45, 2.75) is 17.7 Å². The number of anilines is 1. The number of hydrogen-bond acceptors (Lipinski definition) is 4. The molecular weight excluding hydrogens is 360 g/mol. The first-order chi connectivity index (χ1) is 9.42. The zero-order valence-electron chi connectivity index (χ0n) is 11.1. The average Bonchev–Trinajstić information content (AvgIpc) is 2.83. The predicted octanol–water partition coefficient (Wildman–Crippen LogP) is 3.34. The van der Waals surface area contributed by atoms with Crippen molar-refractivity contribution in [2.75, 3.05) is 11.8 Å². The fraction of sp³-hybridized carbons (Fsp3) is 0.231. The normalized spacial score (nSPS) is 11.6. The van der Waals surface area contributed by atoms with Crippen LogP contribution in [0.1, 0.15) is 11.1 Å². The molecule has 0 amide bonds. The third-order valence-electron chi connectivity index (χ3n) is 2.64. The highest BCUT2D eigenvalue weighted by Gasteiger charge is 2.18. The summed E-state index contributed by atoms with van der Waals surface area (Å²) in [7, 11) is -1.71. The Balaban J connectivity index is 2.28. The van der Waals surface area contributed by atoms with Crippen LogP contribution in [0.25, 0.3) is 0 Å². The quantitative estimate of drug-likeness (QED) is 0.843. The van der Waals surface area contributed by atoms with E-state index in [1.54, 1.807) is 12.1 Å². The first-order valence-electron chi connectivity index (χ1n) is 5.93. The van der Waals surface area contributed by atoms with Gasteiger partial charge in [0.1, 0.15) is 4.21 Å². The van der Waals surface area contributed by atoms with Gasteiger partial charge in [0.15, 0.2) is 0 Å². The number of aryl methyl sites for hydroxylation is 1. The van der Waals surface area contributed by atoms with E-state index in [-0.39, 0.29) is 0 Å². The summed E-state index contributed by atoms with van der Waals surface area (Å²) in [6.07, 6.45) is 0. The maximum Gasteiger partial charge on any atom is 0.271 e. The summed E-state index contributed by atoms with van der Waals surface area (Å²) in [5.41, 5.74) is 2.50. The van der Waals surface area contributed by atoms with E-state index in [1.165, 1.54) is 11.3 Å². The summed E-state index contributed by atoms with van der Waals surface area (Å²) in [6.45, 7) is 2.57. The summed E-state index contributed by atoms with van der Waals surface area (Å²) in [5.74, 6) is 0. The van der Waals surface area contributed by atoms with Crippen molar-refractivity contribution in [2.24, 2.45) is 0 Å². The van der Waals surface area contributed by atoms with Crippen molar-refractivity contribution in [3.8, 4) is 0 Å². The van der Waals surface area contributed by atoms with Crippen molar-refractivity contribution in [1.82, 2.24) is 5.32 Å². The molecule has 1 aromatic heterocycles. The number of thiophene rings is 1. The van der Waals surface area contributed by atoms with Crippen LogP contribution in [-0.4, -0.2) is 15.5 Å². The Bertz CT molecular complexity index is 711. The lowest BCUT2D eigenvalue weighted by Gasteiger charge is -2.09. The first-order valence-corrected chi connectivity index (χ1v) is 9.09. The fourth-order valence-electron chi connectivity index (χ4n) is 1.70. The molecule has 0 saturated carbocycles. The van der Waals surface area contributed by atoms with Gasteiger partial charge in [-0.3, -0.25) is 4.72 Å². The molecule has 4 nitrogen and oxygen atoms in total. The van der Waals surface area contributed by atoms with Crippen LogP contribution in [-0.2, 0) is 16.6 Å². The van der Waals surface area contributed by atoms with E-state index in [2.05, 4.69) is 26.0 Å². The van der Waals surface area contributed by atoms with Crippen molar-refractivity contribution in [1.29, 1.82) is 0 Å². The van der Waals surface area contributed by atoms with Crippen LogP contribution in [0, 0.1) is 6.92 Å². The Morgan fingerprint density at radius 2 is 2.05 bits per heavy atom. The maximum atomic E-state index is 12.3. The van der Waals surface area contributed by atoms with Crippen LogP contribution in [0.3, 0.4) is 0 Å². The van der Waals surface area contributed by atoms with Crippen LogP contribution < -0.4 is 10.0 Å². The summed E-state index contributed by atoms with van der Waals surface area (Å²) >= 11 is 4.57. The lowest BCUT2D eigenvalue weighted by molar-refractivity contribution is 0.603. The van der Waals surface area contributed by atoms with Gasteiger partial charge in [-0.25, -0.2) is 8.42 Å². The van der Waals surface area contributed by atoms with E-state index >= 15 is 0 Å². The standard InChI is InChI=1S/C13H15BrN2O2S2/c1-9-3-4-11(14)12(5-9)16-20(17,18)13-6-10(7-15-2)8-19-13/h3-6,8,15-16H,7H2,1-2H3. The molecule has 0 radical (unpaired) electrons. The molecule has 0 spiro atoms. The second-order valence-corrected chi connectivity index (χ2v) is 8.07. The molecule has 108 valence electrons. The Morgan fingerprint density at radius 1 is 1.30 bits per heavy atom. The molecule has 0 aliphatic carbocycles. The summed E-state index contributed by atoms with van der Waals surface area (Å²) in [6, 6.07) is 7.23. The molecule has 0 aliphatic rings. The molecule has 0 unspecified atom stereocenters. The van der Waals surface area contributed by atoms with Gasteiger partial charge in [-0.15, -0.1) is 11.3 Å². The molecule has 2 N–H and O–H groups in total. The zero-order chi connectivity index (χ0) is 14.8. The van der Waals surface area contributed by atoms with Gasteiger partial charge < -0.3 is 5.32 Å². The van der Waals surface area contributed by atoms with Gasteiger partial charge in [0.05, 0.1) is 5.69 Å². The average molecular weight is 375 g/mol. The van der Waals surface area contributed by atoms with Gasteiger partial charge in [0.25, 0.3) is 10.0 Å². The molecule has 0 fully saturated rings. The Kier molecular flexibility index (Phi) is 4.85. The van der Waals surface area contributed by atoms with E-state index in [0.717, 1.165) is 15.6 Å². The Hall–Kier alpha value is -0.890. The molecule has 0 atom stereocenters. The van der Waals surface area contributed by atoms with Crippen molar-refractivity contribution < 1.29 is 8.42 Å². The molecule has 0 aliphatic heterocycles. The second kappa shape index (κ2) is 6.26. The van der Waals surface area contributed by atoms with Crippen molar-refractivity contribution in [3.05, 3.63) is 45.2 Å². The van der Waals surface area contributed by atoms with Crippen molar-refractivity contribution in [3.63, 3.8) is 0 Å². The minimum Gasteiger partial charge on any atom is -0.316 e.